The Morgan fingerprint density at radius 3 is 1.50 bits per heavy atom. The Morgan fingerprint density at radius 1 is 0.603 bits per heavy atom. The molecule has 2 amide bonds. The fourth-order valence-electron chi connectivity index (χ4n) is 6.60. The minimum atomic E-state index is -0.305. The monoisotopic (exact) mass is 790 g/mol. The number of aromatic nitrogens is 8. The molecule has 0 unspecified atom stereocenters. The second kappa shape index (κ2) is 20.7. The molecule has 58 heavy (non-hydrogen) atoms. The van der Waals surface area contributed by atoms with E-state index >= 15 is 0 Å². The standard InChI is InChI=1S/C22H23N5O3.C20H27N5O3/c1-16(29-21-15-23-20(14-24-21)18-7-10-25-26-13-18)17-8-11-27(12-9-17)22(28)30-19-5-3-2-4-6-19;1-14(2)13-27-20(26)25-8-5-16(6-9-25)15(3)28-19-12-21-18(11-22-19)17-4-7-23-24-10-17/h2-7,10,13-17H,8-9,11-12H2,1H3;4,7,10-12,14-16H,5-6,8-9,13H2,1-3H3/t16-;15-/m00/s1. The molecule has 0 N–H and O–H groups in total. The van der Waals surface area contributed by atoms with Crippen LogP contribution in [0, 0.1) is 17.8 Å². The second-order valence-electron chi connectivity index (χ2n) is 14.7. The van der Waals surface area contributed by atoms with Gasteiger partial charge in [0.05, 0.1) is 67.6 Å². The molecular weight excluding hydrogens is 741 g/mol. The van der Waals surface area contributed by atoms with Gasteiger partial charge in [0.2, 0.25) is 11.8 Å². The molecule has 2 aliphatic rings. The maximum Gasteiger partial charge on any atom is 0.415 e. The van der Waals surface area contributed by atoms with Crippen molar-refractivity contribution >= 4 is 12.2 Å². The number of amides is 2. The number of likely N-dealkylation sites (tertiary alicyclic amines) is 2. The van der Waals surface area contributed by atoms with Crippen molar-refractivity contribution in [1.29, 1.82) is 0 Å². The van der Waals surface area contributed by atoms with E-state index in [9.17, 15) is 9.59 Å². The third-order valence-corrected chi connectivity index (χ3v) is 10.0. The fraction of sp³-hybridized carbons (Fsp3) is 0.429. The van der Waals surface area contributed by atoms with Crippen molar-refractivity contribution in [2.45, 2.75) is 65.6 Å². The van der Waals surface area contributed by atoms with Crippen LogP contribution in [0.15, 0.2) is 92.0 Å². The highest BCUT2D eigenvalue weighted by Gasteiger charge is 2.30. The summed E-state index contributed by atoms with van der Waals surface area (Å²) in [5, 5.41) is 15.2. The molecule has 2 fully saturated rings. The van der Waals surface area contributed by atoms with Crippen molar-refractivity contribution in [1.82, 2.24) is 50.1 Å². The predicted molar refractivity (Wildman–Crippen MR) is 214 cm³/mol. The van der Waals surface area contributed by atoms with E-state index in [2.05, 4.69) is 40.3 Å². The number of ether oxygens (including phenoxy) is 4. The van der Waals surface area contributed by atoms with Crippen LogP contribution in [0.25, 0.3) is 22.5 Å². The van der Waals surface area contributed by atoms with Crippen LogP contribution in [-0.4, -0.2) is 107 Å². The lowest BCUT2D eigenvalue weighted by molar-refractivity contribution is 0.0575. The number of carbonyl (C=O) groups excluding carboxylic acids is 2. The summed E-state index contributed by atoms with van der Waals surface area (Å²) in [6, 6.07) is 12.8. The van der Waals surface area contributed by atoms with Gasteiger partial charge in [-0.15, -0.1) is 0 Å². The number of hydrogen-bond donors (Lipinski definition) is 0. The summed E-state index contributed by atoms with van der Waals surface area (Å²) < 4.78 is 22.7. The van der Waals surface area contributed by atoms with E-state index < -0.39 is 0 Å². The number of hydrogen-bond acceptors (Lipinski definition) is 14. The first kappa shape index (κ1) is 41.3. The van der Waals surface area contributed by atoms with Crippen LogP contribution in [-0.2, 0) is 4.74 Å². The van der Waals surface area contributed by atoms with E-state index in [1.165, 1.54) is 0 Å². The molecule has 2 aliphatic heterocycles. The summed E-state index contributed by atoms with van der Waals surface area (Å²) in [5.41, 5.74) is 3.16. The van der Waals surface area contributed by atoms with Crippen LogP contribution in [0.5, 0.6) is 17.5 Å². The SMILES string of the molecule is CC(C)COC(=O)N1CCC([C@H](C)Oc2cnc(-c3ccnnc3)cn2)CC1.C[C@H](Oc1cnc(-c2ccnnc2)cn1)C1CCN(C(=O)Oc2ccccc2)CC1. The average molecular weight is 791 g/mol. The maximum atomic E-state index is 12.3. The maximum absolute atomic E-state index is 12.3. The van der Waals surface area contributed by atoms with E-state index in [-0.39, 0.29) is 24.4 Å². The minimum Gasteiger partial charge on any atom is -0.473 e. The van der Waals surface area contributed by atoms with E-state index in [0.717, 1.165) is 48.2 Å². The van der Waals surface area contributed by atoms with Crippen molar-refractivity contribution in [3.63, 3.8) is 0 Å². The molecule has 1 aromatic carbocycles. The third kappa shape index (κ3) is 12.1. The van der Waals surface area contributed by atoms with Gasteiger partial charge < -0.3 is 28.7 Å². The first-order valence-corrected chi connectivity index (χ1v) is 19.7. The quantitative estimate of drug-likeness (QED) is 0.136. The van der Waals surface area contributed by atoms with Crippen molar-refractivity contribution in [3.05, 3.63) is 92.0 Å². The zero-order valence-corrected chi connectivity index (χ0v) is 33.3. The average Bonchev–Trinajstić information content (AvgIpc) is 3.27. The molecular formula is C42H50N10O6. The van der Waals surface area contributed by atoms with Gasteiger partial charge in [-0.05, 0) is 81.5 Å². The van der Waals surface area contributed by atoms with Gasteiger partial charge in [-0.1, -0.05) is 32.0 Å². The summed E-state index contributed by atoms with van der Waals surface area (Å²) in [5.74, 6) is 2.58. The molecule has 2 saturated heterocycles. The summed E-state index contributed by atoms with van der Waals surface area (Å²) in [6.07, 6.45) is 16.0. The van der Waals surface area contributed by atoms with Gasteiger partial charge >= 0.3 is 12.2 Å². The summed E-state index contributed by atoms with van der Waals surface area (Å²) in [7, 11) is 0. The number of rotatable bonds is 11. The number of para-hydroxylation sites is 1. The number of nitrogens with zero attached hydrogens (tertiary/aromatic N) is 10. The summed E-state index contributed by atoms with van der Waals surface area (Å²) in [4.78, 5) is 45.4. The van der Waals surface area contributed by atoms with Gasteiger partial charge in [0.15, 0.2) is 0 Å². The second-order valence-corrected chi connectivity index (χ2v) is 14.7. The fourth-order valence-corrected chi connectivity index (χ4v) is 6.60. The number of piperidine rings is 2. The Kier molecular flexibility index (Phi) is 14.8. The molecule has 0 bridgehead atoms. The topological polar surface area (TPSA) is 181 Å². The van der Waals surface area contributed by atoms with Crippen LogP contribution in [0.1, 0.15) is 53.4 Å². The Hall–Kier alpha value is -6.32. The molecule has 2 atom stereocenters. The third-order valence-electron chi connectivity index (χ3n) is 10.0. The van der Waals surface area contributed by atoms with Gasteiger partial charge in [0.1, 0.15) is 18.0 Å². The highest BCUT2D eigenvalue weighted by molar-refractivity contribution is 5.70. The molecule has 4 aromatic heterocycles. The first-order chi connectivity index (χ1) is 28.2. The van der Waals surface area contributed by atoms with E-state index in [1.807, 2.05) is 58.0 Å². The lowest BCUT2D eigenvalue weighted by atomic mass is 9.92. The van der Waals surface area contributed by atoms with E-state index in [0.29, 0.717) is 68.0 Å². The van der Waals surface area contributed by atoms with Gasteiger partial charge in [-0.2, -0.15) is 20.4 Å². The highest BCUT2D eigenvalue weighted by Crippen LogP contribution is 2.27. The summed E-state index contributed by atoms with van der Waals surface area (Å²) in [6.45, 7) is 11.3. The number of carbonyl (C=O) groups is 2. The van der Waals surface area contributed by atoms with Crippen LogP contribution in [0.2, 0.25) is 0 Å². The molecule has 5 aromatic rings. The molecule has 16 nitrogen and oxygen atoms in total. The van der Waals surface area contributed by atoms with Crippen molar-refractivity contribution in [2.24, 2.45) is 17.8 Å². The van der Waals surface area contributed by atoms with E-state index in [4.69, 9.17) is 18.9 Å². The minimum absolute atomic E-state index is 0.00317. The van der Waals surface area contributed by atoms with Gasteiger partial charge in [0.25, 0.3) is 0 Å². The van der Waals surface area contributed by atoms with Crippen LogP contribution in [0.4, 0.5) is 9.59 Å². The Labute approximate surface area is 338 Å². The van der Waals surface area contributed by atoms with Crippen molar-refractivity contribution in [3.8, 4) is 40.0 Å². The molecule has 16 heteroatoms. The van der Waals surface area contributed by atoms with E-state index in [1.54, 1.807) is 71.5 Å². The molecule has 6 heterocycles. The lowest BCUT2D eigenvalue weighted by Crippen LogP contribution is -2.43. The van der Waals surface area contributed by atoms with Gasteiger partial charge in [-0.25, -0.2) is 29.5 Å². The molecule has 0 spiro atoms. The Bertz CT molecular complexity index is 1980. The molecule has 304 valence electrons. The van der Waals surface area contributed by atoms with Gasteiger partial charge in [0, 0.05) is 37.3 Å². The smallest absolute Gasteiger partial charge is 0.415 e. The molecule has 0 aliphatic carbocycles. The Morgan fingerprint density at radius 2 is 1.09 bits per heavy atom. The van der Waals surface area contributed by atoms with Crippen molar-refractivity contribution < 1.29 is 28.5 Å². The first-order valence-electron chi connectivity index (χ1n) is 19.7. The lowest BCUT2D eigenvalue weighted by Gasteiger charge is -2.34. The zero-order valence-electron chi connectivity index (χ0n) is 33.3. The Balaban J connectivity index is 0.000000196. The largest absolute Gasteiger partial charge is 0.473 e. The molecule has 0 radical (unpaired) electrons. The predicted octanol–water partition coefficient (Wildman–Crippen LogP) is 6.82. The van der Waals surface area contributed by atoms with Crippen LogP contribution < -0.4 is 14.2 Å². The van der Waals surface area contributed by atoms with Crippen molar-refractivity contribution in [2.75, 3.05) is 32.8 Å². The van der Waals surface area contributed by atoms with Crippen LogP contribution >= 0.6 is 0 Å². The zero-order chi connectivity index (χ0) is 40.7. The highest BCUT2D eigenvalue weighted by atomic mass is 16.6. The van der Waals surface area contributed by atoms with Crippen LogP contribution in [0.3, 0.4) is 0 Å². The molecule has 0 saturated carbocycles. The van der Waals surface area contributed by atoms with Gasteiger partial charge in [-0.3, -0.25) is 0 Å². The molecule has 7 rings (SSSR count). The summed E-state index contributed by atoms with van der Waals surface area (Å²) >= 11 is 0. The number of benzene rings is 1. The normalized spacial score (nSPS) is 15.7.